The van der Waals surface area contributed by atoms with Gasteiger partial charge in [0.1, 0.15) is 0 Å². The third-order valence-corrected chi connectivity index (χ3v) is 3.61. The number of rotatable bonds is 4. The maximum atomic E-state index is 9.26. The molecule has 20 heavy (non-hydrogen) atoms. The molecule has 0 saturated heterocycles. The maximum absolute atomic E-state index is 9.26. The molecule has 0 atom stereocenters. The highest BCUT2D eigenvalue weighted by Gasteiger charge is 2.03. The zero-order valence-electron chi connectivity index (χ0n) is 10.9. The predicted octanol–water partition coefficient (Wildman–Crippen LogP) is 2.49. The van der Waals surface area contributed by atoms with Crippen LogP contribution >= 0.6 is 11.8 Å². The van der Waals surface area contributed by atoms with Gasteiger partial charge in [0.15, 0.2) is 0 Å². The van der Waals surface area contributed by atoms with E-state index in [9.17, 15) is 5.11 Å². The third-order valence-electron chi connectivity index (χ3n) is 2.50. The van der Waals surface area contributed by atoms with Crippen molar-refractivity contribution >= 4 is 18.2 Å². The fraction of sp³-hybridized carbons (Fsp3) is 0.133. The second kappa shape index (κ2) is 9.14. The van der Waals surface area contributed by atoms with Gasteiger partial charge in [-0.25, -0.2) is 0 Å². The molecule has 0 aliphatic carbocycles. The Balaban J connectivity index is 0.000000612. The van der Waals surface area contributed by atoms with E-state index in [2.05, 4.69) is 12.1 Å². The number of carbonyl (C=O) groups is 1. The number of hydrogen-bond donors (Lipinski definition) is 3. The molecule has 4 N–H and O–H groups in total. The number of hydrogen-bond acceptors (Lipinski definition) is 4. The molecule has 5 heteroatoms. The predicted molar refractivity (Wildman–Crippen MR) is 79.5 cm³/mol. The molecule has 0 bridgehead atoms. The number of carboxylic acid groups (broad SMARTS) is 1. The van der Waals surface area contributed by atoms with E-state index in [0.29, 0.717) is 6.54 Å². The highest BCUT2D eigenvalue weighted by Crippen LogP contribution is 2.30. The van der Waals surface area contributed by atoms with Crippen LogP contribution < -0.4 is 5.73 Å². The van der Waals surface area contributed by atoms with Crippen LogP contribution in [0, 0.1) is 0 Å². The summed E-state index contributed by atoms with van der Waals surface area (Å²) in [5, 5.41) is 16.2. The van der Waals surface area contributed by atoms with Crippen molar-refractivity contribution in [2.75, 3.05) is 0 Å². The number of aliphatic hydroxyl groups is 1. The Bertz CT molecular complexity index is 546. The minimum Gasteiger partial charge on any atom is -0.483 e. The molecule has 0 unspecified atom stereocenters. The molecule has 2 aromatic carbocycles. The summed E-state index contributed by atoms with van der Waals surface area (Å²) in [4.78, 5) is 10.6. The third kappa shape index (κ3) is 5.05. The number of benzene rings is 2. The number of aliphatic hydroxyl groups excluding tert-OH is 1. The Morgan fingerprint density at radius 2 is 1.85 bits per heavy atom. The van der Waals surface area contributed by atoms with E-state index >= 15 is 0 Å². The van der Waals surface area contributed by atoms with Crippen molar-refractivity contribution < 1.29 is 15.0 Å². The lowest BCUT2D eigenvalue weighted by atomic mass is 10.2. The first-order valence-corrected chi connectivity index (χ1v) is 6.80. The quantitative estimate of drug-likeness (QED) is 0.754. The van der Waals surface area contributed by atoms with Crippen LogP contribution in [0.4, 0.5) is 0 Å². The molecule has 0 amide bonds. The van der Waals surface area contributed by atoms with Gasteiger partial charge in [-0.15, -0.1) is 0 Å². The average molecular weight is 291 g/mol. The summed E-state index contributed by atoms with van der Waals surface area (Å²) >= 11 is 1.65. The molecular weight excluding hydrogens is 274 g/mol. The number of nitrogens with two attached hydrogens (primary N) is 1. The first-order valence-electron chi connectivity index (χ1n) is 5.98. The van der Waals surface area contributed by atoms with E-state index in [0.717, 1.165) is 20.9 Å². The molecule has 0 fully saturated rings. The fourth-order valence-corrected chi connectivity index (χ4v) is 2.62. The van der Waals surface area contributed by atoms with Crippen molar-refractivity contribution in [2.45, 2.75) is 22.9 Å². The van der Waals surface area contributed by atoms with Gasteiger partial charge in [0.2, 0.25) is 0 Å². The lowest BCUT2D eigenvalue weighted by Gasteiger charge is -2.07. The van der Waals surface area contributed by atoms with Crippen LogP contribution in [0.1, 0.15) is 11.1 Å². The van der Waals surface area contributed by atoms with Crippen LogP contribution in [-0.2, 0) is 17.9 Å². The van der Waals surface area contributed by atoms with Crippen molar-refractivity contribution in [3.05, 3.63) is 59.7 Å². The minimum atomic E-state index is -0.250. The Kier molecular flexibility index (Phi) is 7.42. The molecule has 2 rings (SSSR count). The summed E-state index contributed by atoms with van der Waals surface area (Å²) in [5.74, 6) is 0. The first-order chi connectivity index (χ1) is 9.74. The molecule has 2 aromatic rings. The summed E-state index contributed by atoms with van der Waals surface area (Å²) in [6.45, 7) is 0.371. The zero-order chi connectivity index (χ0) is 14.8. The summed E-state index contributed by atoms with van der Waals surface area (Å²) in [6.07, 6.45) is 0. The van der Waals surface area contributed by atoms with Gasteiger partial charge < -0.3 is 15.9 Å². The zero-order valence-corrected chi connectivity index (χ0v) is 11.7. The SMILES string of the molecule is NCc1cccc(Sc2ccccc2CO)c1.O=CO. The van der Waals surface area contributed by atoms with Crippen LogP contribution in [0.5, 0.6) is 0 Å². The van der Waals surface area contributed by atoms with E-state index in [1.165, 1.54) is 0 Å². The van der Waals surface area contributed by atoms with Crippen LogP contribution in [0.25, 0.3) is 0 Å². The van der Waals surface area contributed by atoms with Gasteiger partial charge in [0.05, 0.1) is 6.61 Å². The molecule has 0 aromatic heterocycles. The Hall–Kier alpha value is -1.82. The standard InChI is InChI=1S/C14H15NOS.CH2O2/c15-9-11-4-3-6-13(8-11)17-14-7-2-1-5-12(14)10-16;2-1-3/h1-8,16H,9-10,15H2;1H,(H,2,3). The molecule has 0 saturated carbocycles. The molecule has 0 spiro atoms. The van der Waals surface area contributed by atoms with E-state index in [-0.39, 0.29) is 13.1 Å². The molecule has 0 heterocycles. The summed E-state index contributed by atoms with van der Waals surface area (Å²) < 4.78 is 0. The lowest BCUT2D eigenvalue weighted by molar-refractivity contribution is -0.122. The second-order valence-corrected chi connectivity index (χ2v) is 4.94. The second-order valence-electron chi connectivity index (χ2n) is 3.82. The molecular formula is C15H17NO3S. The van der Waals surface area contributed by atoms with Crippen molar-refractivity contribution in [3.8, 4) is 0 Å². The van der Waals surface area contributed by atoms with Crippen molar-refractivity contribution in [2.24, 2.45) is 5.73 Å². The molecule has 0 aliphatic rings. The van der Waals surface area contributed by atoms with E-state index in [4.69, 9.17) is 15.6 Å². The van der Waals surface area contributed by atoms with Crippen LogP contribution in [0.3, 0.4) is 0 Å². The molecule has 106 valence electrons. The van der Waals surface area contributed by atoms with Gasteiger partial charge in [0.25, 0.3) is 6.47 Å². The smallest absolute Gasteiger partial charge is 0.290 e. The van der Waals surface area contributed by atoms with E-state index in [1.54, 1.807) is 11.8 Å². The van der Waals surface area contributed by atoms with Gasteiger partial charge in [-0.1, -0.05) is 42.1 Å². The van der Waals surface area contributed by atoms with Crippen LogP contribution in [0.2, 0.25) is 0 Å². The van der Waals surface area contributed by atoms with Gasteiger partial charge >= 0.3 is 0 Å². The Morgan fingerprint density at radius 3 is 2.50 bits per heavy atom. The average Bonchev–Trinajstić information content (AvgIpc) is 2.49. The van der Waals surface area contributed by atoms with Gasteiger partial charge in [-0.2, -0.15) is 0 Å². The first kappa shape index (κ1) is 16.2. The van der Waals surface area contributed by atoms with Crippen molar-refractivity contribution in [3.63, 3.8) is 0 Å². The molecule has 4 nitrogen and oxygen atoms in total. The normalized spacial score (nSPS) is 9.50. The monoisotopic (exact) mass is 291 g/mol. The van der Waals surface area contributed by atoms with Crippen LogP contribution in [-0.4, -0.2) is 16.7 Å². The lowest BCUT2D eigenvalue weighted by Crippen LogP contribution is -1.95. The Morgan fingerprint density at radius 1 is 1.15 bits per heavy atom. The summed E-state index contributed by atoms with van der Waals surface area (Å²) in [7, 11) is 0. The Labute approximate surface area is 122 Å². The summed E-state index contributed by atoms with van der Waals surface area (Å²) in [5.41, 5.74) is 7.69. The minimum absolute atomic E-state index is 0.0692. The molecule has 0 aliphatic heterocycles. The summed E-state index contributed by atoms with van der Waals surface area (Å²) in [6, 6.07) is 16.0. The largest absolute Gasteiger partial charge is 0.483 e. The topological polar surface area (TPSA) is 83.5 Å². The maximum Gasteiger partial charge on any atom is 0.290 e. The fourth-order valence-electron chi connectivity index (χ4n) is 1.60. The van der Waals surface area contributed by atoms with E-state index in [1.807, 2.05) is 36.4 Å². The highest BCUT2D eigenvalue weighted by molar-refractivity contribution is 7.99. The molecule has 0 radical (unpaired) electrons. The van der Waals surface area contributed by atoms with Gasteiger partial charge in [-0.05, 0) is 29.3 Å². The highest BCUT2D eigenvalue weighted by atomic mass is 32.2. The van der Waals surface area contributed by atoms with Crippen molar-refractivity contribution in [1.29, 1.82) is 0 Å². The van der Waals surface area contributed by atoms with Gasteiger partial charge in [0, 0.05) is 16.3 Å². The van der Waals surface area contributed by atoms with Gasteiger partial charge in [-0.3, -0.25) is 4.79 Å². The van der Waals surface area contributed by atoms with Crippen molar-refractivity contribution in [1.82, 2.24) is 0 Å². The van der Waals surface area contributed by atoms with E-state index < -0.39 is 0 Å². The van der Waals surface area contributed by atoms with Crippen LogP contribution in [0.15, 0.2) is 58.3 Å².